The lowest BCUT2D eigenvalue weighted by Gasteiger charge is -2.23. The van der Waals surface area contributed by atoms with Gasteiger partial charge in [-0.2, -0.15) is 0 Å². The Balaban J connectivity index is 1.69. The maximum Gasteiger partial charge on any atom is 0.0557 e. The molecule has 0 saturated heterocycles. The van der Waals surface area contributed by atoms with E-state index in [1.807, 2.05) is 6.92 Å². The molecule has 0 fully saturated rings. The van der Waals surface area contributed by atoms with Gasteiger partial charge in [0.25, 0.3) is 0 Å². The highest BCUT2D eigenvalue weighted by molar-refractivity contribution is 6.20. The van der Waals surface area contributed by atoms with Crippen LogP contribution in [0.25, 0.3) is 22.3 Å². The molecule has 3 rings (SSSR count). The maximum absolute atomic E-state index is 6.15. The van der Waals surface area contributed by atoms with Crippen LogP contribution in [0.2, 0.25) is 0 Å². The van der Waals surface area contributed by atoms with E-state index >= 15 is 0 Å². The quantitative estimate of drug-likeness (QED) is 0.260. The van der Waals surface area contributed by atoms with E-state index in [0.29, 0.717) is 0 Å². The summed E-state index contributed by atoms with van der Waals surface area (Å²) in [7, 11) is 0. The van der Waals surface area contributed by atoms with E-state index < -0.39 is 0 Å². The fourth-order valence-corrected chi connectivity index (χ4v) is 3.66. The third-order valence-corrected chi connectivity index (χ3v) is 6.41. The molecule has 0 saturated carbocycles. The minimum atomic E-state index is 0.0434. The van der Waals surface area contributed by atoms with Crippen LogP contribution < -0.4 is 0 Å². The number of alkyl halides is 1. The van der Waals surface area contributed by atoms with Crippen LogP contribution in [0.15, 0.2) is 85.5 Å². The Hall–Kier alpha value is -2.31. The molecule has 3 aromatic rings. The summed E-state index contributed by atoms with van der Waals surface area (Å²) in [4.78, 5) is 0. The van der Waals surface area contributed by atoms with Gasteiger partial charge in [-0.25, -0.2) is 0 Å². The molecular weight excluding hydrogens is 372 g/mol. The summed E-state index contributed by atoms with van der Waals surface area (Å²) in [6, 6.07) is 26.3. The van der Waals surface area contributed by atoms with Crippen LogP contribution in [0.1, 0.15) is 50.1 Å². The van der Waals surface area contributed by atoms with E-state index in [0.717, 1.165) is 24.8 Å². The SMILES string of the molecule is C=CC(C)(CC)CCc1ccc(-c2ccc(-c3ccc(C(C)Cl)cc3)cc2)cc1. The highest BCUT2D eigenvalue weighted by atomic mass is 35.5. The van der Waals surface area contributed by atoms with Crippen molar-refractivity contribution in [2.45, 2.75) is 45.4 Å². The van der Waals surface area contributed by atoms with Crippen LogP contribution in [-0.2, 0) is 6.42 Å². The molecule has 0 heterocycles. The first-order valence-electron chi connectivity index (χ1n) is 10.5. The minimum absolute atomic E-state index is 0.0434. The van der Waals surface area contributed by atoms with E-state index in [1.165, 1.54) is 27.8 Å². The van der Waals surface area contributed by atoms with E-state index in [1.54, 1.807) is 0 Å². The van der Waals surface area contributed by atoms with Gasteiger partial charge in [-0.1, -0.05) is 92.7 Å². The molecule has 29 heavy (non-hydrogen) atoms. The number of rotatable bonds is 8. The van der Waals surface area contributed by atoms with E-state index in [-0.39, 0.29) is 10.8 Å². The lowest BCUT2D eigenvalue weighted by atomic mass is 9.82. The summed E-state index contributed by atoms with van der Waals surface area (Å²) in [6.45, 7) is 10.5. The molecule has 0 aliphatic carbocycles. The molecule has 0 radical (unpaired) electrons. The fraction of sp³-hybridized carbons (Fsp3) is 0.286. The molecule has 2 unspecified atom stereocenters. The van der Waals surface area contributed by atoms with E-state index in [2.05, 4.69) is 99.3 Å². The highest BCUT2D eigenvalue weighted by Gasteiger charge is 2.17. The second-order valence-corrected chi connectivity index (χ2v) is 8.88. The van der Waals surface area contributed by atoms with Crippen molar-refractivity contribution in [3.05, 3.63) is 96.6 Å². The molecular formula is C28H31Cl. The van der Waals surface area contributed by atoms with Crippen molar-refractivity contribution in [1.82, 2.24) is 0 Å². The molecule has 2 atom stereocenters. The maximum atomic E-state index is 6.15. The first kappa shape index (κ1) is 21.4. The Morgan fingerprint density at radius 3 is 1.62 bits per heavy atom. The lowest BCUT2D eigenvalue weighted by Crippen LogP contribution is -2.12. The van der Waals surface area contributed by atoms with Gasteiger partial charge < -0.3 is 0 Å². The molecule has 0 aliphatic heterocycles. The third-order valence-electron chi connectivity index (χ3n) is 6.16. The van der Waals surface area contributed by atoms with Crippen LogP contribution in [0.3, 0.4) is 0 Å². The predicted molar refractivity (Wildman–Crippen MR) is 128 cm³/mol. The third kappa shape index (κ3) is 5.40. The molecule has 1 heteroatoms. The van der Waals surface area contributed by atoms with Crippen molar-refractivity contribution in [3.8, 4) is 22.3 Å². The summed E-state index contributed by atoms with van der Waals surface area (Å²) in [5, 5.41) is 0.0434. The van der Waals surface area contributed by atoms with Crippen LogP contribution in [0.4, 0.5) is 0 Å². The van der Waals surface area contributed by atoms with Crippen molar-refractivity contribution in [2.75, 3.05) is 0 Å². The number of halogens is 1. The Morgan fingerprint density at radius 1 is 0.828 bits per heavy atom. The first-order chi connectivity index (χ1) is 13.9. The fourth-order valence-electron chi connectivity index (χ4n) is 3.51. The zero-order chi connectivity index (χ0) is 20.9. The molecule has 0 spiro atoms. The van der Waals surface area contributed by atoms with Gasteiger partial charge in [-0.05, 0) is 65.0 Å². The van der Waals surface area contributed by atoms with E-state index in [4.69, 9.17) is 11.6 Å². The Kier molecular flexibility index (Phi) is 6.98. The number of allylic oxidation sites excluding steroid dienone is 1. The van der Waals surface area contributed by atoms with Crippen LogP contribution >= 0.6 is 11.6 Å². The number of benzene rings is 3. The van der Waals surface area contributed by atoms with Crippen LogP contribution in [0, 0.1) is 5.41 Å². The standard InChI is InChI=1S/C28H31Cl/c1-5-28(4,6-2)20-19-22-7-9-24(10-8-22)26-15-17-27(18-16-26)25-13-11-23(12-14-25)21(3)29/h5,7-18,21H,1,6,19-20H2,2-4H3. The van der Waals surface area contributed by atoms with Gasteiger partial charge in [-0.15, -0.1) is 18.2 Å². The van der Waals surface area contributed by atoms with Gasteiger partial charge in [0, 0.05) is 0 Å². The molecule has 0 N–H and O–H groups in total. The molecule has 0 bridgehead atoms. The highest BCUT2D eigenvalue weighted by Crippen LogP contribution is 2.30. The normalized spacial score (nSPS) is 14.2. The molecule has 0 aromatic heterocycles. The van der Waals surface area contributed by atoms with Gasteiger partial charge in [0.15, 0.2) is 0 Å². The average Bonchev–Trinajstić information content (AvgIpc) is 2.78. The molecule has 0 aliphatic rings. The molecule has 0 amide bonds. The molecule has 0 nitrogen and oxygen atoms in total. The van der Waals surface area contributed by atoms with Gasteiger partial charge in [-0.3, -0.25) is 0 Å². The van der Waals surface area contributed by atoms with Gasteiger partial charge in [0.2, 0.25) is 0 Å². The second kappa shape index (κ2) is 9.46. The Bertz CT molecular complexity index is 918. The zero-order valence-corrected chi connectivity index (χ0v) is 18.5. The summed E-state index contributed by atoms with van der Waals surface area (Å²) in [5.41, 5.74) is 7.72. The van der Waals surface area contributed by atoms with Crippen LogP contribution in [0.5, 0.6) is 0 Å². The molecule has 150 valence electrons. The first-order valence-corrected chi connectivity index (χ1v) is 10.9. The van der Waals surface area contributed by atoms with Gasteiger partial charge in [0.05, 0.1) is 5.38 Å². The van der Waals surface area contributed by atoms with Crippen molar-refractivity contribution in [3.63, 3.8) is 0 Å². The Morgan fingerprint density at radius 2 is 1.24 bits per heavy atom. The minimum Gasteiger partial charge on any atom is -0.118 e. The van der Waals surface area contributed by atoms with Crippen molar-refractivity contribution < 1.29 is 0 Å². The van der Waals surface area contributed by atoms with Crippen LogP contribution in [-0.4, -0.2) is 0 Å². The van der Waals surface area contributed by atoms with Gasteiger partial charge >= 0.3 is 0 Å². The topological polar surface area (TPSA) is 0 Å². The predicted octanol–water partition coefficient (Wildman–Crippen LogP) is 8.86. The largest absolute Gasteiger partial charge is 0.118 e. The van der Waals surface area contributed by atoms with Crippen molar-refractivity contribution >= 4 is 11.6 Å². The Labute approximate surface area is 181 Å². The lowest BCUT2D eigenvalue weighted by molar-refractivity contribution is 0.378. The van der Waals surface area contributed by atoms with Crippen molar-refractivity contribution in [1.29, 1.82) is 0 Å². The van der Waals surface area contributed by atoms with E-state index in [9.17, 15) is 0 Å². The monoisotopic (exact) mass is 402 g/mol. The summed E-state index contributed by atoms with van der Waals surface area (Å²) >= 11 is 6.15. The van der Waals surface area contributed by atoms with Crippen molar-refractivity contribution in [2.24, 2.45) is 5.41 Å². The number of aryl methyl sites for hydroxylation is 1. The summed E-state index contributed by atoms with van der Waals surface area (Å²) < 4.78 is 0. The summed E-state index contributed by atoms with van der Waals surface area (Å²) in [5.74, 6) is 0. The number of hydrogen-bond acceptors (Lipinski definition) is 0. The number of hydrogen-bond donors (Lipinski definition) is 0. The molecule has 3 aromatic carbocycles. The zero-order valence-electron chi connectivity index (χ0n) is 17.8. The smallest absolute Gasteiger partial charge is 0.0557 e. The van der Waals surface area contributed by atoms with Gasteiger partial charge in [0.1, 0.15) is 0 Å². The average molecular weight is 403 g/mol. The summed E-state index contributed by atoms with van der Waals surface area (Å²) in [6.07, 6.45) is 5.47. The second-order valence-electron chi connectivity index (χ2n) is 8.22.